The van der Waals surface area contributed by atoms with E-state index < -0.39 is 0 Å². The quantitative estimate of drug-likeness (QED) is 0.0464. The minimum absolute atomic E-state index is 0.144. The highest BCUT2D eigenvalue weighted by atomic mass is 32.2. The Hall–Kier alpha value is -2.41. The molecule has 0 bridgehead atoms. The second kappa shape index (κ2) is 23.1. The Kier molecular flexibility index (Phi) is 19.4. The van der Waals surface area contributed by atoms with Crippen molar-refractivity contribution in [2.24, 2.45) is 0 Å². The van der Waals surface area contributed by atoms with Gasteiger partial charge in [-0.3, -0.25) is 0 Å². The first-order chi connectivity index (χ1) is 23.8. The molecule has 1 aliphatic heterocycles. The molecule has 0 aliphatic carbocycles. The van der Waals surface area contributed by atoms with Crippen LogP contribution in [0.1, 0.15) is 128 Å². The fraction of sp³-hybridized carbons (Fsp3) is 0.558. The van der Waals surface area contributed by atoms with Gasteiger partial charge in [0, 0.05) is 23.0 Å². The Balaban J connectivity index is 1.61. The maximum Gasteiger partial charge on any atom is 0.122 e. The first-order valence-electron chi connectivity index (χ1n) is 19.0. The fourth-order valence-corrected chi connectivity index (χ4v) is 8.81. The number of allylic oxidation sites excluding steroid dienone is 2. The summed E-state index contributed by atoms with van der Waals surface area (Å²) in [5, 5.41) is 6.99. The number of likely N-dealkylation sites (N-methyl/N-ethyl adjacent to an activating group) is 1. The summed E-state index contributed by atoms with van der Waals surface area (Å²) in [6, 6.07) is 14.2. The molecule has 2 atom stereocenters. The van der Waals surface area contributed by atoms with Gasteiger partial charge in [0.05, 0.1) is 11.9 Å². The number of benzene rings is 2. The van der Waals surface area contributed by atoms with Crippen molar-refractivity contribution in [2.45, 2.75) is 135 Å². The van der Waals surface area contributed by atoms with Crippen molar-refractivity contribution in [1.82, 2.24) is 10.2 Å². The fourth-order valence-electron chi connectivity index (χ4n) is 6.94. The number of nitrogens with zero attached hydrogens (tertiary/aromatic N) is 1. The molecule has 270 valence electrons. The van der Waals surface area contributed by atoms with Crippen LogP contribution in [0.15, 0.2) is 76.8 Å². The number of aldehydes is 1. The molecule has 0 saturated carbocycles. The van der Waals surface area contributed by atoms with E-state index in [9.17, 15) is 4.79 Å². The lowest BCUT2D eigenvalue weighted by molar-refractivity contribution is -0.109. The zero-order valence-corrected chi connectivity index (χ0v) is 33.0. The van der Waals surface area contributed by atoms with E-state index in [4.69, 9.17) is 0 Å². The predicted octanol–water partition coefficient (Wildman–Crippen LogP) is 12.3. The summed E-state index contributed by atoms with van der Waals surface area (Å²) in [6.45, 7) is 18.6. The van der Waals surface area contributed by atoms with E-state index in [2.05, 4.69) is 98.9 Å². The summed E-state index contributed by atoms with van der Waals surface area (Å²) in [5.74, 6) is 3.20. The van der Waals surface area contributed by atoms with Crippen LogP contribution in [-0.2, 0) is 11.2 Å². The molecule has 0 spiro atoms. The second-order valence-corrected chi connectivity index (χ2v) is 16.1. The van der Waals surface area contributed by atoms with Crippen LogP contribution in [0.4, 0.5) is 5.69 Å². The number of thioether (sulfide) groups is 2. The Morgan fingerprint density at radius 3 is 2.49 bits per heavy atom. The number of anilines is 1. The molecule has 1 heterocycles. The monoisotopic (exact) mass is 703 g/mol. The molecular weight excluding hydrogens is 639 g/mol. The molecule has 0 radical (unpaired) electrons. The average Bonchev–Trinajstić information content (AvgIpc) is 3.08. The molecule has 49 heavy (non-hydrogen) atoms. The van der Waals surface area contributed by atoms with Gasteiger partial charge in [0.25, 0.3) is 0 Å². The van der Waals surface area contributed by atoms with Gasteiger partial charge in [-0.2, -0.15) is 0 Å². The van der Waals surface area contributed by atoms with Crippen LogP contribution >= 0.6 is 23.5 Å². The van der Waals surface area contributed by atoms with Crippen LogP contribution < -0.4 is 10.6 Å². The number of hydrogen-bond donors (Lipinski definition) is 2. The van der Waals surface area contributed by atoms with Gasteiger partial charge in [-0.05, 0) is 116 Å². The molecule has 6 heteroatoms. The lowest BCUT2D eigenvalue weighted by atomic mass is 9.92. The lowest BCUT2D eigenvalue weighted by Crippen LogP contribution is -2.42. The SMILES string of the molecule is C=C(/C=C(\C)CCC)SCCCCCCC(CC=O)N1C(=C)Nc2cc(-c3ccc(SCCCCCCC)cc3CCNC)ccc2C1C. The third-order valence-electron chi connectivity index (χ3n) is 9.59. The van der Waals surface area contributed by atoms with Crippen LogP contribution in [0.5, 0.6) is 0 Å². The largest absolute Gasteiger partial charge is 0.348 e. The number of unbranched alkanes of at least 4 members (excludes halogenated alkanes) is 7. The van der Waals surface area contributed by atoms with Gasteiger partial charge in [0.2, 0.25) is 0 Å². The third-order valence-corrected chi connectivity index (χ3v) is 11.7. The van der Waals surface area contributed by atoms with Gasteiger partial charge >= 0.3 is 0 Å². The van der Waals surface area contributed by atoms with Crippen molar-refractivity contribution in [1.29, 1.82) is 0 Å². The number of nitrogens with one attached hydrogen (secondary N) is 2. The van der Waals surface area contributed by atoms with Gasteiger partial charge in [-0.1, -0.05) is 108 Å². The highest BCUT2D eigenvalue weighted by molar-refractivity contribution is 8.03. The molecule has 0 amide bonds. The van der Waals surface area contributed by atoms with Gasteiger partial charge in [0.1, 0.15) is 6.29 Å². The van der Waals surface area contributed by atoms with Crippen LogP contribution in [0, 0.1) is 0 Å². The summed E-state index contributed by atoms with van der Waals surface area (Å²) in [7, 11) is 2.03. The third kappa shape index (κ3) is 13.7. The van der Waals surface area contributed by atoms with E-state index >= 15 is 0 Å². The first-order valence-corrected chi connectivity index (χ1v) is 21.0. The minimum atomic E-state index is 0.144. The topological polar surface area (TPSA) is 44.4 Å². The van der Waals surface area contributed by atoms with E-state index in [0.717, 1.165) is 55.8 Å². The van der Waals surface area contributed by atoms with Crippen molar-refractivity contribution in [2.75, 3.05) is 30.4 Å². The van der Waals surface area contributed by atoms with Gasteiger partial charge in [-0.15, -0.1) is 23.5 Å². The van der Waals surface area contributed by atoms with Crippen LogP contribution in [0.2, 0.25) is 0 Å². The normalized spacial score (nSPS) is 15.2. The Morgan fingerprint density at radius 1 is 1.00 bits per heavy atom. The molecule has 0 fully saturated rings. The van der Waals surface area contributed by atoms with E-state index in [-0.39, 0.29) is 12.1 Å². The Morgan fingerprint density at radius 2 is 1.76 bits per heavy atom. The zero-order valence-electron chi connectivity index (χ0n) is 31.4. The number of carbonyl (C=O) groups is 1. The van der Waals surface area contributed by atoms with E-state index in [1.165, 1.54) is 101 Å². The summed E-state index contributed by atoms with van der Waals surface area (Å²) in [6.07, 6.45) is 19.5. The summed E-state index contributed by atoms with van der Waals surface area (Å²) >= 11 is 3.87. The smallest absolute Gasteiger partial charge is 0.122 e. The summed E-state index contributed by atoms with van der Waals surface area (Å²) in [5.41, 5.74) is 7.74. The average molecular weight is 704 g/mol. The van der Waals surface area contributed by atoms with Crippen molar-refractivity contribution in [3.05, 3.63) is 83.1 Å². The first kappa shape index (κ1) is 41.0. The van der Waals surface area contributed by atoms with Crippen molar-refractivity contribution in [3.63, 3.8) is 0 Å². The molecule has 2 unspecified atom stereocenters. The van der Waals surface area contributed by atoms with Crippen molar-refractivity contribution >= 4 is 35.5 Å². The highest BCUT2D eigenvalue weighted by Gasteiger charge is 2.31. The number of carbonyl (C=O) groups excluding carboxylic acids is 1. The molecular formula is C43H65N3OS2. The van der Waals surface area contributed by atoms with Crippen LogP contribution in [0.3, 0.4) is 0 Å². The number of rotatable bonds is 25. The molecule has 0 saturated heterocycles. The molecule has 2 aromatic carbocycles. The molecule has 1 aliphatic rings. The summed E-state index contributed by atoms with van der Waals surface area (Å²) < 4.78 is 0. The molecule has 4 nitrogen and oxygen atoms in total. The highest BCUT2D eigenvalue weighted by Crippen LogP contribution is 2.41. The standard InChI is InChI=1S/C43H65N3OS2/c1-8-10-11-13-17-29-49-40-21-23-42(38(31-40)24-26-44-7)37-20-22-41-35(5)46(36(6)45-43(41)32-37)39(25-27-47)19-15-12-14-16-28-48-34(4)30-33(3)18-9-2/h20-23,27,30-32,35,39,44-45H,4,6,8-19,24-26,28-29H2,1-3,5,7H3/b33-30+. The molecule has 3 rings (SSSR count). The molecule has 2 N–H and O–H groups in total. The predicted molar refractivity (Wildman–Crippen MR) is 220 cm³/mol. The van der Waals surface area contributed by atoms with Gasteiger partial charge in [0.15, 0.2) is 0 Å². The molecule has 2 aromatic rings. The van der Waals surface area contributed by atoms with E-state index in [1.807, 2.05) is 30.6 Å². The Labute approximate surface area is 308 Å². The molecule has 0 aromatic heterocycles. The second-order valence-electron chi connectivity index (χ2n) is 13.7. The summed E-state index contributed by atoms with van der Waals surface area (Å²) in [4.78, 5) is 16.7. The number of hydrogen-bond acceptors (Lipinski definition) is 6. The van der Waals surface area contributed by atoms with E-state index in [1.54, 1.807) is 0 Å². The van der Waals surface area contributed by atoms with E-state index in [0.29, 0.717) is 6.42 Å². The Bertz CT molecular complexity index is 1350. The maximum atomic E-state index is 11.8. The van der Waals surface area contributed by atoms with Crippen molar-refractivity contribution in [3.8, 4) is 11.1 Å². The zero-order chi connectivity index (χ0) is 35.4. The minimum Gasteiger partial charge on any atom is -0.348 e. The maximum absolute atomic E-state index is 11.8. The van der Waals surface area contributed by atoms with Gasteiger partial charge < -0.3 is 20.3 Å². The van der Waals surface area contributed by atoms with Gasteiger partial charge in [-0.25, -0.2) is 0 Å². The number of fused-ring (bicyclic) bond motifs is 1. The van der Waals surface area contributed by atoms with Crippen molar-refractivity contribution < 1.29 is 4.79 Å². The lowest BCUT2D eigenvalue weighted by Gasteiger charge is -2.44. The van der Waals surface area contributed by atoms with Crippen LogP contribution in [-0.4, -0.2) is 42.3 Å². The van der Waals surface area contributed by atoms with Crippen LogP contribution in [0.25, 0.3) is 11.1 Å².